The Morgan fingerprint density at radius 1 is 1.18 bits per heavy atom. The maximum Gasteiger partial charge on any atom is 0.233 e. The summed E-state index contributed by atoms with van der Waals surface area (Å²) in [7, 11) is 0. The van der Waals surface area contributed by atoms with Gasteiger partial charge < -0.3 is 15.5 Å². The molecule has 2 rings (SSSR count). The second kappa shape index (κ2) is 6.97. The lowest BCUT2D eigenvalue weighted by Gasteiger charge is -2.26. The number of carbonyl (C=O) groups is 1. The van der Waals surface area contributed by atoms with E-state index in [0.29, 0.717) is 6.54 Å². The molecular weight excluding hydrogens is 214 g/mol. The van der Waals surface area contributed by atoms with Gasteiger partial charge in [-0.1, -0.05) is 6.42 Å². The number of amides is 1. The molecule has 98 valence electrons. The second-order valence-electron chi connectivity index (χ2n) is 5.33. The highest BCUT2D eigenvalue weighted by atomic mass is 16.1. The molecule has 0 unspecified atom stereocenters. The molecule has 1 aliphatic carbocycles. The zero-order valence-corrected chi connectivity index (χ0v) is 10.7. The molecule has 1 saturated carbocycles. The smallest absolute Gasteiger partial charge is 0.233 e. The van der Waals surface area contributed by atoms with Gasteiger partial charge in [0.2, 0.25) is 5.91 Å². The highest BCUT2D eigenvalue weighted by Gasteiger charge is 2.21. The first-order chi connectivity index (χ1) is 8.34. The van der Waals surface area contributed by atoms with E-state index in [-0.39, 0.29) is 5.91 Å². The van der Waals surface area contributed by atoms with Crippen LogP contribution in [-0.4, -0.2) is 50.1 Å². The van der Waals surface area contributed by atoms with Crippen molar-refractivity contribution >= 4 is 5.91 Å². The third-order valence-corrected chi connectivity index (χ3v) is 3.62. The molecule has 1 saturated heterocycles. The van der Waals surface area contributed by atoms with E-state index in [1.807, 2.05) is 0 Å². The van der Waals surface area contributed by atoms with Crippen LogP contribution in [0.1, 0.15) is 32.1 Å². The minimum absolute atomic E-state index is 0.149. The predicted molar refractivity (Wildman–Crippen MR) is 68.9 cm³/mol. The lowest BCUT2D eigenvalue weighted by molar-refractivity contribution is -0.120. The summed E-state index contributed by atoms with van der Waals surface area (Å²) < 4.78 is 0. The first-order valence-corrected chi connectivity index (χ1v) is 7.04. The van der Waals surface area contributed by atoms with Gasteiger partial charge in [-0.05, 0) is 44.7 Å². The summed E-state index contributed by atoms with van der Waals surface area (Å²) in [5.41, 5.74) is 0. The van der Waals surface area contributed by atoms with Crippen molar-refractivity contribution in [1.82, 2.24) is 15.5 Å². The molecule has 2 fully saturated rings. The van der Waals surface area contributed by atoms with E-state index in [4.69, 9.17) is 0 Å². The predicted octanol–water partition coefficient (Wildman–Crippen LogP) is 0.588. The lowest BCUT2D eigenvalue weighted by Crippen LogP contribution is -2.40. The molecule has 0 aromatic carbocycles. The van der Waals surface area contributed by atoms with Crippen LogP contribution in [0.3, 0.4) is 0 Å². The first-order valence-electron chi connectivity index (χ1n) is 7.04. The zero-order chi connectivity index (χ0) is 11.9. The molecular formula is C13H25N3O. The summed E-state index contributed by atoms with van der Waals surface area (Å²) >= 11 is 0. The van der Waals surface area contributed by atoms with Crippen LogP contribution in [0.2, 0.25) is 0 Å². The van der Waals surface area contributed by atoms with Crippen molar-refractivity contribution in [2.24, 2.45) is 5.92 Å². The number of hydrogen-bond donors (Lipinski definition) is 2. The average molecular weight is 239 g/mol. The fraction of sp³-hybridized carbons (Fsp3) is 0.923. The largest absolute Gasteiger partial charge is 0.355 e. The molecule has 4 nitrogen and oxygen atoms in total. The van der Waals surface area contributed by atoms with E-state index in [9.17, 15) is 4.79 Å². The summed E-state index contributed by atoms with van der Waals surface area (Å²) in [6, 6.07) is 0. The molecule has 4 heteroatoms. The van der Waals surface area contributed by atoms with Crippen molar-refractivity contribution in [2.45, 2.75) is 32.1 Å². The normalized spacial score (nSPS) is 21.4. The van der Waals surface area contributed by atoms with Crippen LogP contribution in [0.4, 0.5) is 0 Å². The highest BCUT2D eigenvalue weighted by Crippen LogP contribution is 2.27. The van der Waals surface area contributed by atoms with Crippen molar-refractivity contribution in [3.63, 3.8) is 0 Å². The van der Waals surface area contributed by atoms with Crippen molar-refractivity contribution in [1.29, 1.82) is 0 Å². The number of nitrogens with one attached hydrogen (secondary N) is 2. The van der Waals surface area contributed by atoms with Gasteiger partial charge in [-0.25, -0.2) is 0 Å². The number of nitrogens with zero attached hydrogens (tertiary/aromatic N) is 1. The summed E-state index contributed by atoms with van der Waals surface area (Å²) in [5, 5.41) is 6.19. The van der Waals surface area contributed by atoms with E-state index in [0.717, 1.165) is 25.6 Å². The Labute approximate surface area is 104 Å². The molecule has 17 heavy (non-hydrogen) atoms. The van der Waals surface area contributed by atoms with Gasteiger partial charge in [-0.15, -0.1) is 0 Å². The number of rotatable bonds is 7. The van der Waals surface area contributed by atoms with Crippen molar-refractivity contribution in [3.8, 4) is 0 Å². The average Bonchev–Trinajstić information content (AvgIpc) is 3.17. The highest BCUT2D eigenvalue weighted by molar-refractivity contribution is 5.77. The van der Waals surface area contributed by atoms with Crippen LogP contribution in [0.5, 0.6) is 0 Å². The minimum atomic E-state index is 0.149. The molecule has 1 aliphatic heterocycles. The Balaban J connectivity index is 1.42. The third-order valence-electron chi connectivity index (χ3n) is 3.62. The molecule has 0 spiro atoms. The van der Waals surface area contributed by atoms with Crippen LogP contribution >= 0.6 is 0 Å². The number of piperidine rings is 1. The van der Waals surface area contributed by atoms with E-state index in [1.54, 1.807) is 0 Å². The monoisotopic (exact) mass is 239 g/mol. The maximum atomic E-state index is 11.4. The Bertz CT molecular complexity index is 235. The molecule has 0 bridgehead atoms. The number of carbonyl (C=O) groups excluding carboxylic acids is 1. The van der Waals surface area contributed by atoms with Gasteiger partial charge in [0.05, 0.1) is 6.54 Å². The van der Waals surface area contributed by atoms with Crippen LogP contribution in [-0.2, 0) is 4.79 Å². The van der Waals surface area contributed by atoms with Crippen LogP contribution in [0.15, 0.2) is 0 Å². The number of likely N-dealkylation sites (tertiary alicyclic amines) is 1. The molecule has 1 amide bonds. The molecule has 2 aliphatic rings. The topological polar surface area (TPSA) is 44.4 Å². The van der Waals surface area contributed by atoms with Crippen molar-refractivity contribution < 1.29 is 4.79 Å². The molecule has 2 N–H and O–H groups in total. The Hall–Kier alpha value is -0.610. The van der Waals surface area contributed by atoms with Gasteiger partial charge in [0.15, 0.2) is 0 Å². The third kappa shape index (κ3) is 5.50. The maximum absolute atomic E-state index is 11.4. The van der Waals surface area contributed by atoms with Gasteiger partial charge in [0, 0.05) is 19.6 Å². The van der Waals surface area contributed by atoms with E-state index >= 15 is 0 Å². The summed E-state index contributed by atoms with van der Waals surface area (Å²) in [4.78, 5) is 13.9. The van der Waals surface area contributed by atoms with Gasteiger partial charge in [0.1, 0.15) is 0 Å². The Morgan fingerprint density at radius 3 is 2.65 bits per heavy atom. The summed E-state index contributed by atoms with van der Waals surface area (Å²) in [6.45, 7) is 5.82. The van der Waals surface area contributed by atoms with E-state index < -0.39 is 0 Å². The Morgan fingerprint density at radius 2 is 1.94 bits per heavy atom. The van der Waals surface area contributed by atoms with Crippen molar-refractivity contribution in [2.75, 3.05) is 39.3 Å². The van der Waals surface area contributed by atoms with Gasteiger partial charge in [-0.2, -0.15) is 0 Å². The van der Waals surface area contributed by atoms with E-state index in [2.05, 4.69) is 15.5 Å². The standard InChI is InChI=1S/C13H25N3O/c17-13(15-10-12-4-5-12)11-14-6-9-16-7-2-1-3-8-16/h12,14H,1-11H2,(H,15,17). The molecule has 0 atom stereocenters. The Kier molecular flexibility index (Phi) is 5.26. The van der Waals surface area contributed by atoms with Gasteiger partial charge >= 0.3 is 0 Å². The first kappa shape index (κ1) is 12.8. The van der Waals surface area contributed by atoms with Crippen LogP contribution in [0, 0.1) is 5.92 Å². The van der Waals surface area contributed by atoms with Gasteiger partial charge in [0.25, 0.3) is 0 Å². The molecule has 0 aromatic heterocycles. The summed E-state index contributed by atoms with van der Waals surface area (Å²) in [5.74, 6) is 0.919. The van der Waals surface area contributed by atoms with Crippen molar-refractivity contribution in [3.05, 3.63) is 0 Å². The molecule has 1 heterocycles. The minimum Gasteiger partial charge on any atom is -0.355 e. The summed E-state index contributed by atoms with van der Waals surface area (Å²) in [6.07, 6.45) is 6.64. The lowest BCUT2D eigenvalue weighted by atomic mass is 10.1. The van der Waals surface area contributed by atoms with Gasteiger partial charge in [-0.3, -0.25) is 4.79 Å². The fourth-order valence-electron chi connectivity index (χ4n) is 2.26. The second-order valence-corrected chi connectivity index (χ2v) is 5.33. The zero-order valence-electron chi connectivity index (χ0n) is 10.7. The molecule has 0 aromatic rings. The fourth-order valence-corrected chi connectivity index (χ4v) is 2.26. The quantitative estimate of drug-likeness (QED) is 0.639. The SMILES string of the molecule is O=C(CNCCN1CCCCC1)NCC1CC1. The molecule has 0 radical (unpaired) electrons. The number of hydrogen-bond acceptors (Lipinski definition) is 3. The van der Waals surface area contributed by atoms with Crippen LogP contribution in [0.25, 0.3) is 0 Å². The van der Waals surface area contributed by atoms with E-state index in [1.165, 1.54) is 45.2 Å². The van der Waals surface area contributed by atoms with Crippen LogP contribution < -0.4 is 10.6 Å².